The number of carbonyl (C=O) groups excluding carboxylic acids is 1. The zero-order valence-corrected chi connectivity index (χ0v) is 10.5. The number of nitrogens with one attached hydrogen (secondary N) is 3. The normalized spacial score (nSPS) is 12.1. The number of phenols is 1. The van der Waals surface area contributed by atoms with Crippen molar-refractivity contribution in [2.24, 2.45) is 0 Å². The average Bonchev–Trinajstić information content (AvgIpc) is 2.79. The molecule has 0 aliphatic heterocycles. The summed E-state index contributed by atoms with van der Waals surface area (Å²) in [6.45, 7) is 3.41. The van der Waals surface area contributed by atoms with Crippen LogP contribution in [0.15, 0.2) is 23.0 Å². The van der Waals surface area contributed by atoms with Crippen LogP contribution in [0, 0.1) is 6.92 Å². The number of phenolic OH excluding ortho intramolecular Hbond substituents is 1. The number of amides is 1. The topological polar surface area (TPSA) is 111 Å². The van der Waals surface area contributed by atoms with Crippen LogP contribution >= 0.6 is 0 Å². The second kappa shape index (κ2) is 4.97. The molecule has 0 saturated carbocycles. The lowest BCUT2D eigenvalue weighted by atomic mass is 10.1. The molecule has 7 heteroatoms. The van der Waals surface area contributed by atoms with E-state index in [9.17, 15) is 14.7 Å². The molecule has 100 valence electrons. The number of nitrogens with zero attached hydrogens (tertiary/aromatic N) is 1. The molecule has 0 spiro atoms. The lowest BCUT2D eigenvalue weighted by Crippen LogP contribution is -2.27. The maximum Gasteiger partial charge on any atom is 0.340 e. The lowest BCUT2D eigenvalue weighted by Gasteiger charge is -2.11. The summed E-state index contributed by atoms with van der Waals surface area (Å²) in [5.74, 6) is 0.189. The molecule has 0 fully saturated rings. The van der Waals surface area contributed by atoms with E-state index in [1.807, 2.05) is 0 Å². The second-order valence-corrected chi connectivity index (χ2v) is 4.26. The fraction of sp³-hybridized carbons (Fsp3) is 0.250. The number of aromatic hydroxyl groups is 1. The third-order valence-corrected chi connectivity index (χ3v) is 2.74. The fourth-order valence-electron chi connectivity index (χ4n) is 1.63. The molecule has 0 aliphatic rings. The van der Waals surface area contributed by atoms with Crippen molar-refractivity contribution < 1.29 is 9.90 Å². The fourth-order valence-corrected chi connectivity index (χ4v) is 1.63. The molecular formula is C12H14N4O3. The first-order valence-corrected chi connectivity index (χ1v) is 5.72. The summed E-state index contributed by atoms with van der Waals surface area (Å²) in [5.41, 5.74) is 0.630. The van der Waals surface area contributed by atoms with Crippen LogP contribution in [0.25, 0.3) is 0 Å². The number of carbonyl (C=O) groups is 1. The molecule has 0 saturated heterocycles. The molecule has 0 aliphatic carbocycles. The SMILES string of the molecule is Cc1cc(C(=O)N[C@@H](C)c2n[nH]c(=O)[nH]2)ccc1O. The Morgan fingerprint density at radius 2 is 2.21 bits per heavy atom. The molecule has 4 N–H and O–H groups in total. The third kappa shape index (κ3) is 2.82. The van der Waals surface area contributed by atoms with E-state index >= 15 is 0 Å². The first-order chi connectivity index (χ1) is 8.97. The van der Waals surface area contributed by atoms with Crippen LogP contribution < -0.4 is 11.0 Å². The molecule has 1 aromatic carbocycles. The number of aromatic amines is 2. The summed E-state index contributed by atoms with van der Waals surface area (Å²) in [4.78, 5) is 25.4. The Hall–Kier alpha value is -2.57. The molecular weight excluding hydrogens is 248 g/mol. The number of benzene rings is 1. The minimum Gasteiger partial charge on any atom is -0.508 e. The smallest absolute Gasteiger partial charge is 0.340 e. The number of rotatable bonds is 3. The van der Waals surface area contributed by atoms with Crippen molar-refractivity contribution in [1.82, 2.24) is 20.5 Å². The van der Waals surface area contributed by atoms with Crippen LogP contribution in [0.4, 0.5) is 0 Å². The monoisotopic (exact) mass is 262 g/mol. The molecule has 2 aromatic rings. The predicted molar refractivity (Wildman–Crippen MR) is 67.9 cm³/mol. The Kier molecular flexibility index (Phi) is 3.37. The van der Waals surface area contributed by atoms with E-state index in [4.69, 9.17) is 0 Å². The molecule has 1 aromatic heterocycles. The first kappa shape index (κ1) is 12.9. The molecule has 19 heavy (non-hydrogen) atoms. The van der Waals surface area contributed by atoms with E-state index < -0.39 is 11.7 Å². The molecule has 7 nitrogen and oxygen atoms in total. The Morgan fingerprint density at radius 3 is 2.79 bits per heavy atom. The van der Waals surface area contributed by atoms with Crippen LogP contribution in [0.1, 0.15) is 34.7 Å². The van der Waals surface area contributed by atoms with Gasteiger partial charge < -0.3 is 10.4 Å². The highest BCUT2D eigenvalue weighted by atomic mass is 16.3. The van der Waals surface area contributed by atoms with Gasteiger partial charge in [-0.25, -0.2) is 9.89 Å². The molecule has 1 amide bonds. The maximum atomic E-state index is 12.0. The second-order valence-electron chi connectivity index (χ2n) is 4.26. The Bertz CT molecular complexity index is 659. The van der Waals surface area contributed by atoms with Crippen molar-refractivity contribution in [2.45, 2.75) is 19.9 Å². The summed E-state index contributed by atoms with van der Waals surface area (Å²) in [6, 6.07) is 4.15. The highest BCUT2D eigenvalue weighted by molar-refractivity contribution is 5.94. The van der Waals surface area contributed by atoms with Gasteiger partial charge in [0.05, 0.1) is 6.04 Å². The molecule has 2 rings (SSSR count). The van der Waals surface area contributed by atoms with Crippen LogP contribution in [-0.2, 0) is 0 Å². The van der Waals surface area contributed by atoms with Gasteiger partial charge in [-0.1, -0.05) is 0 Å². The predicted octanol–water partition coefficient (Wildman–Crippen LogP) is 0.603. The summed E-state index contributed by atoms with van der Waals surface area (Å²) in [7, 11) is 0. The molecule has 0 bridgehead atoms. The largest absolute Gasteiger partial charge is 0.508 e. The van der Waals surface area contributed by atoms with Crippen LogP contribution in [0.2, 0.25) is 0 Å². The van der Waals surface area contributed by atoms with Gasteiger partial charge in [0.25, 0.3) is 5.91 Å². The van der Waals surface area contributed by atoms with Crippen molar-refractivity contribution >= 4 is 5.91 Å². The number of aryl methyl sites for hydroxylation is 1. The summed E-state index contributed by atoms with van der Waals surface area (Å²) >= 11 is 0. The van der Waals surface area contributed by atoms with Crippen molar-refractivity contribution in [3.8, 4) is 5.75 Å². The molecule has 0 unspecified atom stereocenters. The highest BCUT2D eigenvalue weighted by Crippen LogP contribution is 2.17. The highest BCUT2D eigenvalue weighted by Gasteiger charge is 2.14. The molecule has 0 radical (unpaired) electrons. The van der Waals surface area contributed by atoms with E-state index in [0.717, 1.165) is 0 Å². The van der Waals surface area contributed by atoms with Gasteiger partial charge in [-0.15, -0.1) is 0 Å². The quantitative estimate of drug-likeness (QED) is 0.649. The van der Waals surface area contributed by atoms with Gasteiger partial charge in [-0.2, -0.15) is 5.10 Å². The Morgan fingerprint density at radius 1 is 1.47 bits per heavy atom. The molecule has 1 heterocycles. The lowest BCUT2D eigenvalue weighted by molar-refractivity contribution is 0.0938. The number of hydrogen-bond donors (Lipinski definition) is 4. The van der Waals surface area contributed by atoms with E-state index in [1.165, 1.54) is 12.1 Å². The van der Waals surface area contributed by atoms with E-state index in [1.54, 1.807) is 19.9 Å². The van der Waals surface area contributed by atoms with Crippen molar-refractivity contribution in [2.75, 3.05) is 0 Å². The zero-order valence-electron chi connectivity index (χ0n) is 10.5. The number of H-pyrrole nitrogens is 2. The van der Waals surface area contributed by atoms with Gasteiger partial charge in [-0.05, 0) is 37.6 Å². The standard InChI is InChI=1S/C12H14N4O3/c1-6-5-8(3-4-9(6)17)11(18)13-7(2)10-14-12(19)16-15-10/h3-5,7,17H,1-2H3,(H,13,18)(H2,14,15,16,19)/t7-/m0/s1. The van der Waals surface area contributed by atoms with Gasteiger partial charge in [-0.3, -0.25) is 9.78 Å². The number of aromatic nitrogens is 3. The maximum absolute atomic E-state index is 12.0. The van der Waals surface area contributed by atoms with Crippen LogP contribution in [0.5, 0.6) is 5.75 Å². The minimum atomic E-state index is -0.430. The average molecular weight is 262 g/mol. The minimum absolute atomic E-state index is 0.140. The van der Waals surface area contributed by atoms with Crippen molar-refractivity contribution in [3.05, 3.63) is 45.6 Å². The van der Waals surface area contributed by atoms with Gasteiger partial charge >= 0.3 is 5.69 Å². The van der Waals surface area contributed by atoms with E-state index in [-0.39, 0.29) is 11.7 Å². The van der Waals surface area contributed by atoms with Crippen molar-refractivity contribution in [1.29, 1.82) is 0 Å². The summed E-state index contributed by atoms with van der Waals surface area (Å²) in [5, 5.41) is 18.1. The Labute approximate surface area is 108 Å². The van der Waals surface area contributed by atoms with Gasteiger partial charge in [0, 0.05) is 5.56 Å². The number of hydrogen-bond acceptors (Lipinski definition) is 4. The molecule has 1 atom stereocenters. The van der Waals surface area contributed by atoms with Crippen LogP contribution in [0.3, 0.4) is 0 Å². The van der Waals surface area contributed by atoms with Gasteiger partial charge in [0.15, 0.2) is 5.82 Å². The third-order valence-electron chi connectivity index (χ3n) is 2.74. The zero-order chi connectivity index (χ0) is 14.0. The van der Waals surface area contributed by atoms with E-state index in [0.29, 0.717) is 17.0 Å². The van der Waals surface area contributed by atoms with E-state index in [2.05, 4.69) is 20.5 Å². The first-order valence-electron chi connectivity index (χ1n) is 5.72. The summed E-state index contributed by atoms with van der Waals surface area (Å²) in [6.07, 6.45) is 0. The Balaban J connectivity index is 2.12. The summed E-state index contributed by atoms with van der Waals surface area (Å²) < 4.78 is 0. The van der Waals surface area contributed by atoms with Crippen molar-refractivity contribution in [3.63, 3.8) is 0 Å². The van der Waals surface area contributed by atoms with Crippen LogP contribution in [-0.4, -0.2) is 26.2 Å². The van der Waals surface area contributed by atoms with Gasteiger partial charge in [0.1, 0.15) is 5.75 Å². The van der Waals surface area contributed by atoms with Gasteiger partial charge in [0.2, 0.25) is 0 Å².